The predicted octanol–water partition coefficient (Wildman–Crippen LogP) is 2.82. The summed E-state index contributed by atoms with van der Waals surface area (Å²) in [4.78, 5) is 0. The summed E-state index contributed by atoms with van der Waals surface area (Å²) in [5.74, 6) is 0.911. The Morgan fingerprint density at radius 1 is 1.04 bits per heavy atom. The number of hydrogen-bond acceptors (Lipinski definition) is 4. The van der Waals surface area contributed by atoms with E-state index in [9.17, 15) is 0 Å². The maximum absolute atomic E-state index is 6.02. The first kappa shape index (κ1) is 17.2. The Labute approximate surface area is 154 Å². The molecule has 124 valence electrons. The Morgan fingerprint density at radius 2 is 1.88 bits per heavy atom. The zero-order valence-electron chi connectivity index (χ0n) is 12.8. The van der Waals surface area contributed by atoms with Crippen LogP contribution in [0.15, 0.2) is 53.7 Å². The number of aromatic nitrogens is 4. The van der Waals surface area contributed by atoms with Gasteiger partial charge < -0.3 is 5.32 Å². The third-order valence-electron chi connectivity index (χ3n) is 3.36. The first-order chi connectivity index (χ1) is 11.7. The molecule has 0 saturated heterocycles. The summed E-state index contributed by atoms with van der Waals surface area (Å²) in [6.45, 7) is 1.81. The van der Waals surface area contributed by atoms with Crippen molar-refractivity contribution in [1.82, 2.24) is 20.2 Å². The minimum atomic E-state index is 0.587. The van der Waals surface area contributed by atoms with E-state index in [1.807, 2.05) is 48.5 Å². The molecule has 0 fully saturated rings. The van der Waals surface area contributed by atoms with E-state index in [2.05, 4.69) is 20.8 Å². The number of thioether (sulfide) groups is 1. The molecule has 0 saturated carbocycles. The van der Waals surface area contributed by atoms with Gasteiger partial charge in [0.25, 0.3) is 0 Å². The predicted molar refractivity (Wildman–Crippen MR) is 96.8 cm³/mol. The largest absolute Gasteiger partial charge is 0.342 e. The average molecular weight is 381 g/mol. The van der Waals surface area contributed by atoms with Crippen LogP contribution in [0.4, 0.5) is 0 Å². The maximum atomic E-state index is 6.02. The number of benzene rings is 2. The van der Waals surface area contributed by atoms with Crippen LogP contribution in [0.5, 0.6) is 0 Å². The van der Waals surface area contributed by atoms with Gasteiger partial charge in [-0.2, -0.15) is 4.68 Å². The summed E-state index contributed by atoms with van der Waals surface area (Å²) < 4.78 is 1.75. The van der Waals surface area contributed by atoms with E-state index in [0.29, 0.717) is 10.0 Å². The average Bonchev–Trinajstić information content (AvgIpc) is 3.07. The molecule has 2 N–H and O–H groups in total. The molecule has 0 unspecified atom stereocenters. The number of para-hydroxylation sites is 1. The lowest BCUT2D eigenvalue weighted by molar-refractivity contribution is -0.666. The molecule has 24 heavy (non-hydrogen) atoms. The highest BCUT2D eigenvalue weighted by molar-refractivity contribution is 7.99. The fraction of sp³-hybridized carbons (Fsp3) is 0.188. The van der Waals surface area contributed by atoms with Crippen LogP contribution in [0.1, 0.15) is 5.56 Å². The van der Waals surface area contributed by atoms with Crippen molar-refractivity contribution in [1.29, 1.82) is 0 Å². The van der Waals surface area contributed by atoms with Crippen molar-refractivity contribution in [2.24, 2.45) is 0 Å². The Kier molecular flexibility index (Phi) is 6.09. The molecule has 8 heteroatoms. The van der Waals surface area contributed by atoms with Crippen molar-refractivity contribution in [3.8, 4) is 5.69 Å². The van der Waals surface area contributed by atoms with Crippen molar-refractivity contribution in [3.05, 3.63) is 64.1 Å². The summed E-state index contributed by atoms with van der Waals surface area (Å²) in [5.41, 5.74) is 2.12. The van der Waals surface area contributed by atoms with E-state index in [0.717, 1.165) is 35.2 Å². The van der Waals surface area contributed by atoms with Crippen LogP contribution in [0.2, 0.25) is 10.0 Å². The molecule has 2 aromatic carbocycles. The molecular formula is C16H16Cl2N5S+. The molecule has 3 rings (SSSR count). The monoisotopic (exact) mass is 380 g/mol. The standard InChI is InChI=1S/C16H15Cl2N5S/c17-14-7-6-12(10-15(14)18)11-19-8-9-24-16-20-21-22-23(16)13-4-2-1-3-5-13/h1-7,10,19H,8-9,11H2/p+1. The van der Waals surface area contributed by atoms with Crippen LogP contribution >= 0.6 is 35.0 Å². The molecule has 1 heterocycles. The zero-order valence-corrected chi connectivity index (χ0v) is 15.1. The van der Waals surface area contributed by atoms with Gasteiger partial charge in [-0.15, -0.1) is 5.10 Å². The third-order valence-corrected chi connectivity index (χ3v) is 5.05. The Morgan fingerprint density at radius 3 is 2.67 bits per heavy atom. The molecule has 0 amide bonds. The molecule has 3 aromatic rings. The van der Waals surface area contributed by atoms with Crippen LogP contribution in [0, 0.1) is 0 Å². The third kappa shape index (κ3) is 4.48. The summed E-state index contributed by atoms with van der Waals surface area (Å²) in [5, 5.41) is 16.1. The molecule has 0 aliphatic rings. The lowest BCUT2D eigenvalue weighted by Gasteiger charge is -2.05. The Bertz CT molecular complexity index is 794. The van der Waals surface area contributed by atoms with Gasteiger partial charge in [0.05, 0.1) is 28.0 Å². The van der Waals surface area contributed by atoms with Crippen molar-refractivity contribution in [2.45, 2.75) is 11.7 Å². The van der Waals surface area contributed by atoms with Crippen LogP contribution in [0.25, 0.3) is 5.69 Å². The molecule has 0 bridgehead atoms. The maximum Gasteiger partial charge on any atom is 0.214 e. The molecule has 0 spiro atoms. The summed E-state index contributed by atoms with van der Waals surface area (Å²) in [6.07, 6.45) is 0. The van der Waals surface area contributed by atoms with Gasteiger partial charge in [0.2, 0.25) is 5.16 Å². The number of halogens is 2. The van der Waals surface area contributed by atoms with Crippen LogP contribution < -0.4 is 5.32 Å². The van der Waals surface area contributed by atoms with E-state index in [1.54, 1.807) is 16.4 Å². The highest BCUT2D eigenvalue weighted by Crippen LogP contribution is 2.22. The molecular weight excluding hydrogens is 365 g/mol. The normalized spacial score (nSPS) is 10.9. The van der Waals surface area contributed by atoms with E-state index in [-0.39, 0.29) is 0 Å². The minimum Gasteiger partial charge on any atom is -0.342 e. The van der Waals surface area contributed by atoms with E-state index >= 15 is 0 Å². The quantitative estimate of drug-likeness (QED) is 0.505. The van der Waals surface area contributed by atoms with Gasteiger partial charge in [-0.1, -0.05) is 59.2 Å². The number of nitrogens with zero attached hydrogens (tertiary/aromatic N) is 4. The van der Waals surface area contributed by atoms with Gasteiger partial charge in [0.1, 0.15) is 6.54 Å². The summed E-state index contributed by atoms with van der Waals surface area (Å²) in [7, 11) is 0. The first-order valence-corrected chi connectivity index (χ1v) is 9.20. The zero-order chi connectivity index (χ0) is 16.8. The number of hydrogen-bond donors (Lipinski definition) is 1. The molecule has 0 aliphatic heterocycles. The minimum absolute atomic E-state index is 0.587. The van der Waals surface area contributed by atoms with Crippen molar-refractivity contribution in [3.63, 3.8) is 0 Å². The lowest BCUT2D eigenvalue weighted by Crippen LogP contribution is -2.83. The Balaban J connectivity index is 1.47. The van der Waals surface area contributed by atoms with Gasteiger partial charge >= 0.3 is 0 Å². The topological polar surface area (TPSA) is 60.2 Å². The van der Waals surface area contributed by atoms with Gasteiger partial charge in [0, 0.05) is 5.56 Å². The number of quaternary nitrogens is 1. The highest BCUT2D eigenvalue weighted by atomic mass is 35.5. The van der Waals surface area contributed by atoms with Gasteiger partial charge in [-0.3, -0.25) is 0 Å². The summed E-state index contributed by atoms with van der Waals surface area (Å²) >= 11 is 13.6. The van der Waals surface area contributed by atoms with Gasteiger partial charge in [-0.05, 0) is 34.7 Å². The summed E-state index contributed by atoms with van der Waals surface area (Å²) in [6, 6.07) is 15.6. The molecule has 5 nitrogen and oxygen atoms in total. The second-order valence-electron chi connectivity index (χ2n) is 5.09. The van der Waals surface area contributed by atoms with E-state index < -0.39 is 0 Å². The van der Waals surface area contributed by atoms with Crippen LogP contribution in [-0.2, 0) is 6.54 Å². The van der Waals surface area contributed by atoms with E-state index in [4.69, 9.17) is 23.2 Å². The van der Waals surface area contributed by atoms with Gasteiger partial charge in [-0.25, -0.2) is 0 Å². The molecule has 0 radical (unpaired) electrons. The second kappa shape index (κ2) is 8.48. The number of tetrazole rings is 1. The van der Waals surface area contributed by atoms with Crippen molar-refractivity contribution in [2.75, 3.05) is 12.3 Å². The molecule has 1 aromatic heterocycles. The fourth-order valence-electron chi connectivity index (χ4n) is 2.17. The molecule has 0 aliphatic carbocycles. The Hall–Kier alpha value is -1.60. The fourth-order valence-corrected chi connectivity index (χ4v) is 3.32. The van der Waals surface area contributed by atoms with Crippen LogP contribution in [0.3, 0.4) is 0 Å². The highest BCUT2D eigenvalue weighted by Gasteiger charge is 2.08. The second-order valence-corrected chi connectivity index (χ2v) is 6.96. The van der Waals surface area contributed by atoms with E-state index in [1.165, 1.54) is 0 Å². The van der Waals surface area contributed by atoms with Crippen molar-refractivity contribution >= 4 is 35.0 Å². The SMILES string of the molecule is Clc1ccc(C[NH2+]CCSc2nnnn2-c2ccccc2)cc1Cl. The smallest absolute Gasteiger partial charge is 0.214 e. The molecule has 0 atom stereocenters. The van der Waals surface area contributed by atoms with Gasteiger partial charge in [0.15, 0.2) is 0 Å². The number of nitrogens with two attached hydrogens (primary N) is 1. The van der Waals surface area contributed by atoms with Crippen LogP contribution in [-0.4, -0.2) is 32.5 Å². The number of rotatable bonds is 7. The first-order valence-electron chi connectivity index (χ1n) is 7.46. The van der Waals surface area contributed by atoms with Crippen molar-refractivity contribution < 1.29 is 5.32 Å². The lowest BCUT2D eigenvalue weighted by atomic mass is 10.2.